The second kappa shape index (κ2) is 6.44. The Morgan fingerprint density at radius 1 is 1.15 bits per heavy atom. The van der Waals surface area contributed by atoms with Crippen molar-refractivity contribution < 1.29 is 9.53 Å². The lowest BCUT2D eigenvalue weighted by Crippen LogP contribution is -2.30. The van der Waals surface area contributed by atoms with Crippen molar-refractivity contribution in [2.45, 2.75) is 20.0 Å². The van der Waals surface area contributed by atoms with Gasteiger partial charge in [0.1, 0.15) is 5.75 Å². The minimum atomic E-state index is -0.604. The predicted octanol–water partition coefficient (Wildman–Crippen LogP) is 4.05. The van der Waals surface area contributed by atoms with Crippen LogP contribution in [0.1, 0.15) is 12.5 Å². The van der Waals surface area contributed by atoms with Crippen molar-refractivity contribution >= 4 is 23.2 Å². The lowest BCUT2D eigenvalue weighted by atomic mass is 10.2. The van der Waals surface area contributed by atoms with E-state index in [9.17, 15) is 4.79 Å². The summed E-state index contributed by atoms with van der Waals surface area (Å²) >= 11 is 6.00. The zero-order valence-corrected chi connectivity index (χ0v) is 12.1. The molecule has 1 N–H and O–H groups in total. The molecule has 2 rings (SSSR count). The quantitative estimate of drug-likeness (QED) is 0.922. The Hall–Kier alpha value is -2.00. The Bertz CT molecular complexity index is 613. The number of rotatable bonds is 4. The molecule has 1 amide bonds. The van der Waals surface area contributed by atoms with Crippen LogP contribution in [0.4, 0.5) is 5.69 Å². The molecule has 0 aromatic heterocycles. The van der Waals surface area contributed by atoms with E-state index < -0.39 is 6.10 Å². The van der Waals surface area contributed by atoms with Crippen LogP contribution in [0.25, 0.3) is 0 Å². The monoisotopic (exact) mass is 289 g/mol. The first kappa shape index (κ1) is 14.4. The Balaban J connectivity index is 2.03. The van der Waals surface area contributed by atoms with Crippen LogP contribution in [0.5, 0.6) is 5.75 Å². The second-order valence-electron chi connectivity index (χ2n) is 4.49. The molecule has 3 nitrogen and oxygen atoms in total. The van der Waals surface area contributed by atoms with Crippen LogP contribution in [0.3, 0.4) is 0 Å². The first-order valence-electron chi connectivity index (χ1n) is 6.35. The zero-order chi connectivity index (χ0) is 14.5. The second-order valence-corrected chi connectivity index (χ2v) is 4.90. The number of hydrogen-bond acceptors (Lipinski definition) is 2. The molecule has 0 bridgehead atoms. The molecule has 0 aliphatic rings. The van der Waals surface area contributed by atoms with Crippen molar-refractivity contribution in [2.75, 3.05) is 5.32 Å². The number of aryl methyl sites for hydroxylation is 1. The lowest BCUT2D eigenvalue weighted by Gasteiger charge is -2.16. The largest absolute Gasteiger partial charge is 0.481 e. The number of para-hydroxylation sites is 2. The van der Waals surface area contributed by atoms with E-state index in [0.717, 1.165) is 5.56 Å². The van der Waals surface area contributed by atoms with Gasteiger partial charge in [-0.1, -0.05) is 41.9 Å². The van der Waals surface area contributed by atoms with Crippen LogP contribution >= 0.6 is 11.6 Å². The van der Waals surface area contributed by atoms with Gasteiger partial charge in [0.25, 0.3) is 5.91 Å². The fraction of sp³-hybridized carbons (Fsp3) is 0.188. The van der Waals surface area contributed by atoms with Crippen LogP contribution < -0.4 is 10.1 Å². The first-order chi connectivity index (χ1) is 9.58. The number of hydrogen-bond donors (Lipinski definition) is 1. The number of benzene rings is 2. The highest BCUT2D eigenvalue weighted by Gasteiger charge is 2.16. The molecular formula is C16H16ClNO2. The number of halogens is 1. The van der Waals surface area contributed by atoms with Gasteiger partial charge in [-0.15, -0.1) is 0 Å². The summed E-state index contributed by atoms with van der Waals surface area (Å²) in [5, 5.41) is 3.26. The maximum absolute atomic E-state index is 12.1. The van der Waals surface area contributed by atoms with Crippen LogP contribution in [0.2, 0.25) is 5.02 Å². The Morgan fingerprint density at radius 2 is 1.80 bits per heavy atom. The number of anilines is 1. The van der Waals surface area contributed by atoms with E-state index in [0.29, 0.717) is 16.5 Å². The van der Waals surface area contributed by atoms with Crippen LogP contribution in [-0.2, 0) is 4.79 Å². The minimum Gasteiger partial charge on any atom is -0.481 e. The topological polar surface area (TPSA) is 38.3 Å². The molecule has 4 heteroatoms. The molecule has 0 spiro atoms. The van der Waals surface area contributed by atoms with Gasteiger partial charge in [-0.25, -0.2) is 0 Å². The summed E-state index contributed by atoms with van der Waals surface area (Å²) < 4.78 is 5.66. The summed E-state index contributed by atoms with van der Waals surface area (Å²) in [6.45, 7) is 3.65. The van der Waals surface area contributed by atoms with E-state index in [1.165, 1.54) is 0 Å². The van der Waals surface area contributed by atoms with Gasteiger partial charge in [-0.2, -0.15) is 0 Å². The summed E-state index contributed by atoms with van der Waals surface area (Å²) in [5.41, 5.74) is 1.57. The molecule has 0 unspecified atom stereocenters. The van der Waals surface area contributed by atoms with Gasteiger partial charge in [0.2, 0.25) is 0 Å². The van der Waals surface area contributed by atoms with Gasteiger partial charge in [-0.05, 0) is 37.6 Å². The molecule has 0 saturated heterocycles. The number of amides is 1. The molecule has 20 heavy (non-hydrogen) atoms. The average Bonchev–Trinajstić information content (AvgIpc) is 2.43. The maximum Gasteiger partial charge on any atom is 0.265 e. The first-order valence-corrected chi connectivity index (χ1v) is 6.73. The molecule has 2 aromatic carbocycles. The van der Waals surface area contributed by atoms with E-state index in [-0.39, 0.29) is 5.91 Å². The van der Waals surface area contributed by atoms with Gasteiger partial charge in [0.05, 0.1) is 10.7 Å². The molecule has 2 aromatic rings. The fourth-order valence-electron chi connectivity index (χ4n) is 1.73. The number of ether oxygens (including phenoxy) is 1. The molecule has 104 valence electrons. The van der Waals surface area contributed by atoms with E-state index >= 15 is 0 Å². The molecule has 0 aliphatic heterocycles. The van der Waals surface area contributed by atoms with Crippen molar-refractivity contribution in [2.24, 2.45) is 0 Å². The summed E-state index contributed by atoms with van der Waals surface area (Å²) in [7, 11) is 0. The van der Waals surface area contributed by atoms with Crippen molar-refractivity contribution in [1.82, 2.24) is 0 Å². The van der Waals surface area contributed by atoms with Crippen molar-refractivity contribution in [3.63, 3.8) is 0 Å². The van der Waals surface area contributed by atoms with Crippen molar-refractivity contribution in [3.05, 3.63) is 59.1 Å². The molecule has 0 saturated carbocycles. The molecule has 0 fully saturated rings. The standard InChI is InChI=1S/C16H16ClNO2/c1-11-7-3-6-10-15(11)20-12(2)16(19)18-14-9-5-4-8-13(14)17/h3-10,12H,1-2H3,(H,18,19)/t12-/m0/s1. The zero-order valence-electron chi connectivity index (χ0n) is 11.4. The van der Waals surface area contributed by atoms with Crippen molar-refractivity contribution in [1.29, 1.82) is 0 Å². The third kappa shape index (κ3) is 3.52. The average molecular weight is 290 g/mol. The summed E-state index contributed by atoms with van der Waals surface area (Å²) in [5.74, 6) is 0.468. The summed E-state index contributed by atoms with van der Waals surface area (Å²) in [6.07, 6.45) is -0.604. The Labute approximate surface area is 123 Å². The molecule has 1 atom stereocenters. The van der Waals surface area contributed by atoms with E-state index in [4.69, 9.17) is 16.3 Å². The Morgan fingerprint density at radius 3 is 2.50 bits per heavy atom. The molecular weight excluding hydrogens is 274 g/mol. The minimum absolute atomic E-state index is 0.235. The van der Waals surface area contributed by atoms with Crippen molar-refractivity contribution in [3.8, 4) is 5.75 Å². The van der Waals surface area contributed by atoms with Crippen LogP contribution in [0, 0.1) is 6.92 Å². The Kier molecular flexibility index (Phi) is 4.64. The predicted molar refractivity (Wildman–Crippen MR) is 81.4 cm³/mol. The van der Waals surface area contributed by atoms with E-state index in [1.807, 2.05) is 43.3 Å². The highest BCUT2D eigenvalue weighted by atomic mass is 35.5. The molecule has 0 heterocycles. The maximum atomic E-state index is 12.1. The fourth-order valence-corrected chi connectivity index (χ4v) is 1.91. The van der Waals surface area contributed by atoms with Gasteiger partial charge in [-0.3, -0.25) is 4.79 Å². The van der Waals surface area contributed by atoms with Crippen LogP contribution in [0.15, 0.2) is 48.5 Å². The smallest absolute Gasteiger partial charge is 0.265 e. The van der Waals surface area contributed by atoms with E-state index in [1.54, 1.807) is 19.1 Å². The van der Waals surface area contributed by atoms with Gasteiger partial charge < -0.3 is 10.1 Å². The van der Waals surface area contributed by atoms with Gasteiger partial charge in [0, 0.05) is 0 Å². The van der Waals surface area contributed by atoms with E-state index in [2.05, 4.69) is 5.32 Å². The normalized spacial score (nSPS) is 11.8. The SMILES string of the molecule is Cc1ccccc1O[C@@H](C)C(=O)Nc1ccccc1Cl. The summed E-state index contributed by atoms with van der Waals surface area (Å²) in [6, 6.07) is 14.7. The highest BCUT2D eigenvalue weighted by Crippen LogP contribution is 2.22. The van der Waals surface area contributed by atoms with Gasteiger partial charge >= 0.3 is 0 Å². The summed E-state index contributed by atoms with van der Waals surface area (Å²) in [4.78, 5) is 12.1. The third-order valence-corrected chi connectivity index (χ3v) is 3.23. The van der Waals surface area contributed by atoms with Gasteiger partial charge in [0.15, 0.2) is 6.10 Å². The number of carbonyl (C=O) groups is 1. The number of nitrogens with one attached hydrogen (secondary N) is 1. The van der Waals surface area contributed by atoms with Crippen LogP contribution in [-0.4, -0.2) is 12.0 Å². The lowest BCUT2D eigenvalue weighted by molar-refractivity contribution is -0.122. The third-order valence-electron chi connectivity index (χ3n) is 2.90. The molecule has 0 aliphatic carbocycles. The highest BCUT2D eigenvalue weighted by molar-refractivity contribution is 6.33. The molecule has 0 radical (unpaired) electrons. The number of carbonyl (C=O) groups excluding carboxylic acids is 1.